The molecule has 18 heavy (non-hydrogen) atoms. The predicted molar refractivity (Wildman–Crippen MR) is 72.3 cm³/mol. The monoisotopic (exact) mass is 250 g/mol. The van der Waals surface area contributed by atoms with Crippen molar-refractivity contribution in [2.45, 2.75) is 45.1 Å². The van der Waals surface area contributed by atoms with Crippen LogP contribution in [0.25, 0.3) is 0 Å². The minimum Gasteiger partial charge on any atom is -0.271 e. The molecule has 1 aliphatic rings. The molecule has 1 aromatic carbocycles. The van der Waals surface area contributed by atoms with E-state index in [1.807, 2.05) is 12.1 Å². The van der Waals surface area contributed by atoms with Crippen LogP contribution in [0.4, 0.5) is 4.39 Å². The van der Waals surface area contributed by atoms with Crippen LogP contribution in [-0.2, 0) is 6.42 Å². The molecule has 0 heterocycles. The summed E-state index contributed by atoms with van der Waals surface area (Å²) in [5, 5.41) is 0. The first-order valence-corrected chi connectivity index (χ1v) is 6.90. The second-order valence-corrected chi connectivity index (χ2v) is 5.60. The maximum Gasteiger partial charge on any atom is 0.126 e. The molecule has 0 radical (unpaired) electrons. The van der Waals surface area contributed by atoms with Crippen molar-refractivity contribution in [2.24, 2.45) is 17.7 Å². The highest BCUT2D eigenvalue weighted by Crippen LogP contribution is 2.31. The van der Waals surface area contributed by atoms with E-state index in [-0.39, 0.29) is 11.9 Å². The van der Waals surface area contributed by atoms with Gasteiger partial charge in [-0.3, -0.25) is 11.3 Å². The van der Waals surface area contributed by atoms with E-state index in [0.717, 1.165) is 11.5 Å². The lowest BCUT2D eigenvalue weighted by Crippen LogP contribution is -2.44. The lowest BCUT2D eigenvalue weighted by Gasteiger charge is -2.33. The molecule has 2 rings (SSSR count). The molecular formula is C15H23FN2. The molecule has 3 unspecified atom stereocenters. The lowest BCUT2D eigenvalue weighted by molar-refractivity contribution is 0.221. The van der Waals surface area contributed by atoms with E-state index in [9.17, 15) is 4.39 Å². The molecule has 0 amide bonds. The van der Waals surface area contributed by atoms with Gasteiger partial charge in [0.15, 0.2) is 0 Å². The van der Waals surface area contributed by atoms with E-state index in [4.69, 9.17) is 5.84 Å². The molecule has 3 heteroatoms. The third kappa shape index (κ3) is 3.30. The van der Waals surface area contributed by atoms with E-state index in [0.29, 0.717) is 12.3 Å². The van der Waals surface area contributed by atoms with E-state index in [1.54, 1.807) is 6.07 Å². The van der Waals surface area contributed by atoms with E-state index >= 15 is 0 Å². The summed E-state index contributed by atoms with van der Waals surface area (Å²) in [6.45, 7) is 2.29. The first kappa shape index (κ1) is 13.5. The molecule has 0 saturated heterocycles. The molecule has 0 spiro atoms. The molecule has 100 valence electrons. The second-order valence-electron chi connectivity index (χ2n) is 5.60. The van der Waals surface area contributed by atoms with Gasteiger partial charge < -0.3 is 0 Å². The highest BCUT2D eigenvalue weighted by atomic mass is 19.1. The number of hydrogen-bond acceptors (Lipinski definition) is 2. The number of benzene rings is 1. The van der Waals surface area contributed by atoms with Gasteiger partial charge in [-0.15, -0.1) is 0 Å². The third-order valence-electron chi connectivity index (χ3n) is 4.16. The van der Waals surface area contributed by atoms with Gasteiger partial charge in [-0.1, -0.05) is 38.0 Å². The molecule has 1 fully saturated rings. The molecule has 1 saturated carbocycles. The number of hydrogen-bond donors (Lipinski definition) is 2. The Balaban J connectivity index is 2.03. The maximum absolute atomic E-state index is 13.7. The number of nitrogens with two attached hydrogens (primary N) is 1. The molecule has 0 aliphatic heterocycles. The van der Waals surface area contributed by atoms with Gasteiger partial charge in [-0.2, -0.15) is 0 Å². The number of halogens is 1. The standard InChI is InChI=1S/C15H23FN2/c1-11-5-4-7-13(9-11)15(18-17)10-12-6-2-3-8-14(12)16/h2-3,6,8,11,13,15,18H,4-5,7,9-10,17H2,1H3. The van der Waals surface area contributed by atoms with Crippen LogP contribution in [0.1, 0.15) is 38.2 Å². The summed E-state index contributed by atoms with van der Waals surface area (Å²) in [5.41, 5.74) is 3.66. The van der Waals surface area contributed by atoms with Crippen molar-refractivity contribution in [1.29, 1.82) is 0 Å². The van der Waals surface area contributed by atoms with Crippen LogP contribution in [0.15, 0.2) is 24.3 Å². The molecule has 0 aromatic heterocycles. The van der Waals surface area contributed by atoms with Crippen molar-refractivity contribution in [1.82, 2.24) is 5.43 Å². The summed E-state index contributed by atoms with van der Waals surface area (Å²) in [6, 6.07) is 7.17. The molecule has 1 aromatic rings. The smallest absolute Gasteiger partial charge is 0.126 e. The van der Waals surface area contributed by atoms with E-state index in [2.05, 4.69) is 12.3 Å². The molecule has 0 bridgehead atoms. The van der Waals surface area contributed by atoms with Gasteiger partial charge in [-0.25, -0.2) is 4.39 Å². The fourth-order valence-electron chi connectivity index (χ4n) is 3.11. The zero-order valence-corrected chi connectivity index (χ0v) is 11.0. The summed E-state index contributed by atoms with van der Waals surface area (Å²) in [7, 11) is 0. The Morgan fingerprint density at radius 1 is 1.39 bits per heavy atom. The van der Waals surface area contributed by atoms with Gasteiger partial charge in [0.1, 0.15) is 5.82 Å². The van der Waals surface area contributed by atoms with Crippen LogP contribution in [0.2, 0.25) is 0 Å². The minimum atomic E-state index is -0.124. The summed E-state index contributed by atoms with van der Waals surface area (Å²) >= 11 is 0. The highest BCUT2D eigenvalue weighted by Gasteiger charge is 2.26. The van der Waals surface area contributed by atoms with Crippen LogP contribution in [-0.4, -0.2) is 6.04 Å². The largest absolute Gasteiger partial charge is 0.271 e. The summed E-state index contributed by atoms with van der Waals surface area (Å²) in [6.07, 6.45) is 5.66. The Morgan fingerprint density at radius 3 is 2.83 bits per heavy atom. The first-order chi connectivity index (χ1) is 8.70. The average Bonchev–Trinajstić information content (AvgIpc) is 2.38. The van der Waals surface area contributed by atoms with Gasteiger partial charge in [0, 0.05) is 6.04 Å². The van der Waals surface area contributed by atoms with Crippen LogP contribution in [0.5, 0.6) is 0 Å². The number of rotatable bonds is 4. The van der Waals surface area contributed by atoms with Crippen LogP contribution >= 0.6 is 0 Å². The SMILES string of the molecule is CC1CCCC(C(Cc2ccccc2F)NN)C1. The molecule has 2 nitrogen and oxygen atoms in total. The van der Waals surface area contributed by atoms with Crippen molar-refractivity contribution in [3.63, 3.8) is 0 Å². The Morgan fingerprint density at radius 2 is 2.17 bits per heavy atom. The van der Waals surface area contributed by atoms with Gasteiger partial charge in [0.05, 0.1) is 0 Å². The fraction of sp³-hybridized carbons (Fsp3) is 0.600. The molecule has 3 N–H and O–H groups in total. The minimum absolute atomic E-state index is 0.124. The number of nitrogens with one attached hydrogen (secondary N) is 1. The van der Waals surface area contributed by atoms with Crippen molar-refractivity contribution in [2.75, 3.05) is 0 Å². The Kier molecular flexibility index (Phi) is 4.72. The number of hydrazine groups is 1. The van der Waals surface area contributed by atoms with Crippen molar-refractivity contribution in [3.8, 4) is 0 Å². The highest BCUT2D eigenvalue weighted by molar-refractivity contribution is 5.18. The van der Waals surface area contributed by atoms with Gasteiger partial charge in [0.2, 0.25) is 0 Å². The maximum atomic E-state index is 13.7. The van der Waals surface area contributed by atoms with Crippen molar-refractivity contribution in [3.05, 3.63) is 35.6 Å². The summed E-state index contributed by atoms with van der Waals surface area (Å²) in [4.78, 5) is 0. The van der Waals surface area contributed by atoms with Crippen LogP contribution < -0.4 is 11.3 Å². The van der Waals surface area contributed by atoms with Gasteiger partial charge in [-0.05, 0) is 42.7 Å². The Hall–Kier alpha value is -0.930. The van der Waals surface area contributed by atoms with Crippen molar-refractivity contribution < 1.29 is 4.39 Å². The predicted octanol–water partition coefficient (Wildman–Crippen LogP) is 3.03. The van der Waals surface area contributed by atoms with E-state index < -0.39 is 0 Å². The van der Waals surface area contributed by atoms with Gasteiger partial charge >= 0.3 is 0 Å². The van der Waals surface area contributed by atoms with E-state index in [1.165, 1.54) is 31.7 Å². The zero-order chi connectivity index (χ0) is 13.0. The Labute approximate surface area is 109 Å². The molecular weight excluding hydrogens is 227 g/mol. The Bertz CT molecular complexity index is 381. The van der Waals surface area contributed by atoms with Crippen LogP contribution in [0.3, 0.4) is 0 Å². The molecule has 1 aliphatic carbocycles. The first-order valence-electron chi connectivity index (χ1n) is 6.90. The zero-order valence-electron chi connectivity index (χ0n) is 11.0. The third-order valence-corrected chi connectivity index (χ3v) is 4.16. The lowest BCUT2D eigenvalue weighted by atomic mass is 9.77. The quantitative estimate of drug-likeness (QED) is 0.637. The van der Waals surface area contributed by atoms with Crippen molar-refractivity contribution >= 4 is 0 Å². The summed E-state index contributed by atoms with van der Waals surface area (Å²) in [5.74, 6) is 6.88. The average molecular weight is 250 g/mol. The second kappa shape index (κ2) is 6.30. The van der Waals surface area contributed by atoms with Crippen LogP contribution in [0, 0.1) is 17.7 Å². The summed E-state index contributed by atoms with van der Waals surface area (Å²) < 4.78 is 13.7. The topological polar surface area (TPSA) is 38.0 Å². The van der Waals surface area contributed by atoms with Gasteiger partial charge in [0.25, 0.3) is 0 Å². The fourth-order valence-corrected chi connectivity index (χ4v) is 3.11. The normalized spacial score (nSPS) is 25.9. The molecule has 3 atom stereocenters.